The molecule has 5 heteroatoms. The topological polar surface area (TPSA) is 89.8 Å². The molecule has 0 bridgehead atoms. The van der Waals surface area contributed by atoms with Gasteiger partial charge in [-0.15, -0.1) is 0 Å². The fourth-order valence-corrected chi connectivity index (χ4v) is 7.72. The lowest BCUT2D eigenvalue weighted by Crippen LogP contribution is -2.49. The second-order valence-electron chi connectivity index (χ2n) is 16.7. The monoisotopic (exact) mass is 738 g/mol. The van der Waals surface area contributed by atoms with E-state index in [0.717, 1.165) is 32.1 Å². The highest BCUT2D eigenvalue weighted by Crippen LogP contribution is 2.17. The number of carbonyl (C=O) groups excluding carboxylic acids is 1. The Kier molecular flexibility index (Phi) is 42.5. The minimum Gasteiger partial charge on any atom is -0.394 e. The van der Waals surface area contributed by atoms with E-state index in [1.807, 2.05) is 0 Å². The predicted molar refractivity (Wildman–Crippen MR) is 227 cm³/mol. The normalized spacial score (nSPS) is 13.4. The van der Waals surface area contributed by atoms with E-state index in [1.165, 1.54) is 212 Å². The van der Waals surface area contributed by atoms with Gasteiger partial charge in [0.05, 0.1) is 18.8 Å². The molecule has 0 aromatic heterocycles. The number of hydrogen-bond acceptors (Lipinski definition) is 4. The first-order chi connectivity index (χ1) is 25.6. The number of rotatable bonds is 44. The van der Waals surface area contributed by atoms with Crippen LogP contribution in [0.5, 0.6) is 0 Å². The molecule has 0 fully saturated rings. The maximum atomic E-state index is 12.5. The van der Waals surface area contributed by atoms with Crippen molar-refractivity contribution in [3.63, 3.8) is 0 Å². The van der Waals surface area contributed by atoms with Crippen molar-refractivity contribution in [3.8, 4) is 0 Å². The van der Waals surface area contributed by atoms with Crippen LogP contribution >= 0.6 is 0 Å². The molecular formula is C47H95NO4. The van der Waals surface area contributed by atoms with E-state index in [2.05, 4.69) is 19.2 Å². The molecule has 0 saturated carbocycles. The van der Waals surface area contributed by atoms with Gasteiger partial charge in [-0.25, -0.2) is 0 Å². The summed E-state index contributed by atoms with van der Waals surface area (Å²) in [7, 11) is 0. The maximum Gasteiger partial charge on any atom is 0.249 e. The summed E-state index contributed by atoms with van der Waals surface area (Å²) in [5.74, 6) is -0.464. The van der Waals surface area contributed by atoms with E-state index in [1.54, 1.807) is 0 Å². The van der Waals surface area contributed by atoms with Gasteiger partial charge >= 0.3 is 0 Å². The standard InChI is InChI=1S/C47H95NO4/c1-3-5-7-9-11-13-15-17-19-21-22-23-24-26-27-29-31-33-35-37-39-41-45(50)44(43-49)48-47(52)46(51)42-40-38-36-34-32-30-28-25-20-18-16-14-12-10-8-6-4-2/h44-46,49-51H,3-43H2,1-2H3,(H,48,52). The van der Waals surface area contributed by atoms with E-state index < -0.39 is 24.2 Å². The molecule has 1 amide bonds. The van der Waals surface area contributed by atoms with Gasteiger partial charge in [0.15, 0.2) is 0 Å². The number of unbranched alkanes of at least 4 members (excludes halogenated alkanes) is 36. The van der Waals surface area contributed by atoms with Gasteiger partial charge in [-0.3, -0.25) is 4.79 Å². The van der Waals surface area contributed by atoms with E-state index in [9.17, 15) is 20.1 Å². The average molecular weight is 738 g/mol. The average Bonchev–Trinajstić information content (AvgIpc) is 3.15. The van der Waals surface area contributed by atoms with Gasteiger partial charge in [0, 0.05) is 0 Å². The van der Waals surface area contributed by atoms with Crippen LogP contribution in [0.25, 0.3) is 0 Å². The van der Waals surface area contributed by atoms with Crippen molar-refractivity contribution in [2.45, 2.75) is 289 Å². The van der Waals surface area contributed by atoms with Crippen LogP contribution in [0, 0.1) is 0 Å². The Morgan fingerprint density at radius 1 is 0.385 bits per heavy atom. The zero-order chi connectivity index (χ0) is 38.0. The molecule has 5 nitrogen and oxygen atoms in total. The summed E-state index contributed by atoms with van der Waals surface area (Å²) < 4.78 is 0. The minimum absolute atomic E-state index is 0.308. The molecule has 312 valence electrons. The number of nitrogens with one attached hydrogen (secondary N) is 1. The zero-order valence-electron chi connectivity index (χ0n) is 35.5. The highest BCUT2D eigenvalue weighted by molar-refractivity contribution is 5.80. The zero-order valence-corrected chi connectivity index (χ0v) is 35.5. The van der Waals surface area contributed by atoms with Crippen LogP contribution in [0.2, 0.25) is 0 Å². The molecule has 0 aliphatic heterocycles. The Balaban J connectivity index is 3.55. The minimum atomic E-state index is -1.07. The van der Waals surface area contributed by atoms with Gasteiger partial charge in [0.2, 0.25) is 5.91 Å². The predicted octanol–water partition coefficient (Wildman–Crippen LogP) is 13.8. The first-order valence-corrected chi connectivity index (χ1v) is 23.8. The van der Waals surface area contributed by atoms with Crippen LogP contribution < -0.4 is 5.32 Å². The smallest absolute Gasteiger partial charge is 0.249 e. The van der Waals surface area contributed by atoms with Crippen molar-refractivity contribution >= 4 is 5.91 Å². The first-order valence-electron chi connectivity index (χ1n) is 23.8. The van der Waals surface area contributed by atoms with Crippen molar-refractivity contribution in [1.82, 2.24) is 5.32 Å². The molecule has 3 unspecified atom stereocenters. The highest BCUT2D eigenvalue weighted by atomic mass is 16.3. The van der Waals surface area contributed by atoms with E-state index in [-0.39, 0.29) is 6.61 Å². The van der Waals surface area contributed by atoms with Crippen molar-refractivity contribution in [3.05, 3.63) is 0 Å². The van der Waals surface area contributed by atoms with Crippen molar-refractivity contribution < 1.29 is 20.1 Å². The Morgan fingerprint density at radius 2 is 0.615 bits per heavy atom. The summed E-state index contributed by atoms with van der Waals surface area (Å²) in [5.41, 5.74) is 0. The lowest BCUT2D eigenvalue weighted by molar-refractivity contribution is -0.131. The summed E-state index contributed by atoms with van der Waals surface area (Å²) in [6.45, 7) is 4.26. The Morgan fingerprint density at radius 3 is 0.865 bits per heavy atom. The van der Waals surface area contributed by atoms with Gasteiger partial charge in [-0.2, -0.15) is 0 Å². The van der Waals surface area contributed by atoms with Crippen LogP contribution in [0.15, 0.2) is 0 Å². The molecule has 4 N–H and O–H groups in total. The molecule has 52 heavy (non-hydrogen) atoms. The Bertz CT molecular complexity index is 688. The van der Waals surface area contributed by atoms with E-state index >= 15 is 0 Å². The maximum absolute atomic E-state index is 12.5. The fourth-order valence-electron chi connectivity index (χ4n) is 7.72. The van der Waals surface area contributed by atoms with Crippen molar-refractivity contribution in [1.29, 1.82) is 0 Å². The third-order valence-corrected chi connectivity index (χ3v) is 11.5. The summed E-state index contributed by atoms with van der Waals surface area (Å²) in [4.78, 5) is 12.5. The lowest BCUT2D eigenvalue weighted by Gasteiger charge is -2.23. The lowest BCUT2D eigenvalue weighted by atomic mass is 10.0. The largest absolute Gasteiger partial charge is 0.394 e. The quantitative estimate of drug-likeness (QED) is 0.0469. The number of carbonyl (C=O) groups is 1. The second-order valence-corrected chi connectivity index (χ2v) is 16.7. The molecule has 0 aromatic rings. The fraction of sp³-hybridized carbons (Fsp3) is 0.979. The number of hydrogen-bond donors (Lipinski definition) is 4. The van der Waals surface area contributed by atoms with Crippen LogP contribution in [-0.2, 0) is 4.79 Å². The Hall–Kier alpha value is -0.650. The number of amides is 1. The van der Waals surface area contributed by atoms with Crippen LogP contribution in [0.3, 0.4) is 0 Å². The molecule has 0 saturated heterocycles. The summed E-state index contributed by atoms with van der Waals surface area (Å²) >= 11 is 0. The van der Waals surface area contributed by atoms with Gasteiger partial charge < -0.3 is 20.6 Å². The van der Waals surface area contributed by atoms with Gasteiger partial charge in [-0.05, 0) is 12.8 Å². The molecule has 0 aromatic carbocycles. The van der Waals surface area contributed by atoms with E-state index in [4.69, 9.17) is 0 Å². The molecule has 0 radical (unpaired) electrons. The molecule has 0 aliphatic rings. The second kappa shape index (κ2) is 43.1. The van der Waals surface area contributed by atoms with Gasteiger partial charge in [0.25, 0.3) is 0 Å². The summed E-state index contributed by atoms with van der Waals surface area (Å²) in [6, 6.07) is -0.706. The van der Waals surface area contributed by atoms with Crippen LogP contribution in [0.1, 0.15) is 271 Å². The highest BCUT2D eigenvalue weighted by Gasteiger charge is 2.23. The SMILES string of the molecule is CCCCCCCCCCCCCCCCCCCCCCCC(O)C(CO)NC(=O)C(O)CCCCCCCCCCCCCCCCCCC. The Labute approximate surface area is 326 Å². The third-order valence-electron chi connectivity index (χ3n) is 11.5. The van der Waals surface area contributed by atoms with Crippen LogP contribution in [0.4, 0.5) is 0 Å². The molecular weight excluding hydrogens is 643 g/mol. The molecule has 0 aliphatic carbocycles. The number of aliphatic hydroxyl groups is 3. The van der Waals surface area contributed by atoms with Crippen molar-refractivity contribution in [2.24, 2.45) is 0 Å². The summed E-state index contributed by atoms with van der Waals surface area (Å²) in [6.07, 6.45) is 49.7. The molecule has 3 atom stereocenters. The molecule has 0 spiro atoms. The third kappa shape index (κ3) is 37.7. The molecule has 0 heterocycles. The first kappa shape index (κ1) is 51.4. The summed E-state index contributed by atoms with van der Waals surface area (Å²) in [5, 5.41) is 33.4. The van der Waals surface area contributed by atoms with Crippen molar-refractivity contribution in [2.75, 3.05) is 6.61 Å². The van der Waals surface area contributed by atoms with E-state index in [0.29, 0.717) is 12.8 Å². The van der Waals surface area contributed by atoms with Gasteiger partial charge in [0.1, 0.15) is 6.10 Å². The van der Waals surface area contributed by atoms with Gasteiger partial charge in [-0.1, -0.05) is 258 Å². The molecule has 0 rings (SSSR count). The van der Waals surface area contributed by atoms with Crippen LogP contribution in [-0.4, -0.2) is 46.1 Å². The number of aliphatic hydroxyl groups excluding tert-OH is 3.